The predicted octanol–water partition coefficient (Wildman–Crippen LogP) is 5.40. The molecule has 4 aromatic heterocycles. The first-order valence-electron chi connectivity index (χ1n) is 11.3. The van der Waals surface area contributed by atoms with E-state index < -0.39 is 30.9 Å². The fraction of sp³-hybridized carbons (Fsp3) is 0.167. The molecule has 0 aliphatic carbocycles. The first-order chi connectivity index (χ1) is 18.3. The van der Waals surface area contributed by atoms with Crippen molar-refractivity contribution < 1.29 is 26.3 Å². The molecular weight excluding hydrogens is 545 g/mol. The zero-order chi connectivity index (χ0) is 28.1. The summed E-state index contributed by atoms with van der Waals surface area (Å²) in [5.74, 6) is -3.56. The molecule has 8 nitrogen and oxygen atoms in total. The third kappa shape index (κ3) is 4.44. The van der Waals surface area contributed by atoms with Gasteiger partial charge in [0, 0.05) is 0 Å². The molecule has 0 spiro atoms. The Morgan fingerprint density at radius 2 is 1.00 bits per heavy atom. The van der Waals surface area contributed by atoms with Gasteiger partial charge in [0.1, 0.15) is 0 Å². The van der Waals surface area contributed by atoms with E-state index in [1.165, 1.54) is 37.9 Å². The van der Waals surface area contributed by atoms with Gasteiger partial charge in [-0.05, 0) is 0 Å². The van der Waals surface area contributed by atoms with Crippen LogP contribution in [0.25, 0.3) is 23.0 Å². The van der Waals surface area contributed by atoms with Crippen LogP contribution >= 0.6 is 6.90 Å². The Hall–Kier alpha value is -4.19. The average Bonchev–Trinajstić information content (AvgIpc) is 3.58. The number of rotatable bonds is 5. The molecule has 1 aromatic carbocycles. The molecule has 0 N–H and O–H groups in total. The molecule has 15 heteroatoms. The Kier molecular flexibility index (Phi) is 6.06. The van der Waals surface area contributed by atoms with Crippen LogP contribution < -0.4 is 5.30 Å². The first kappa shape index (κ1) is 26.4. The number of halogens is 6. The number of nitrogens with zero attached hydrogens (tertiary/aromatic N) is 8. The second-order valence-corrected chi connectivity index (χ2v) is 14.3. The van der Waals surface area contributed by atoms with Gasteiger partial charge >= 0.3 is 217 Å². The van der Waals surface area contributed by atoms with Gasteiger partial charge in [-0.2, -0.15) is 0 Å². The fourth-order valence-electron chi connectivity index (χ4n) is 4.14. The van der Waals surface area contributed by atoms with Gasteiger partial charge in [0.2, 0.25) is 0 Å². The van der Waals surface area contributed by atoms with E-state index in [1.807, 2.05) is 0 Å². The van der Waals surface area contributed by atoms with E-state index in [9.17, 15) is 26.3 Å². The van der Waals surface area contributed by atoms with E-state index in [0.29, 0.717) is 5.30 Å². The molecule has 39 heavy (non-hydrogen) atoms. The van der Waals surface area contributed by atoms with Crippen molar-refractivity contribution in [2.24, 2.45) is 0 Å². The average molecular weight is 564 g/mol. The van der Waals surface area contributed by atoms with Gasteiger partial charge in [-0.25, -0.2) is 0 Å². The minimum atomic E-state index is -4.96. The normalized spacial score (nSPS) is 13.7. The van der Waals surface area contributed by atoms with Gasteiger partial charge in [0.05, 0.1) is 0 Å². The summed E-state index contributed by atoms with van der Waals surface area (Å²) in [6.07, 6.45) is -7.19. The molecule has 0 radical (unpaired) electrons. The predicted molar refractivity (Wildman–Crippen MR) is 132 cm³/mol. The van der Waals surface area contributed by atoms with Crippen LogP contribution in [0, 0.1) is 0 Å². The number of alkyl halides is 6. The molecular formula is C24H19F6N8P. The van der Waals surface area contributed by atoms with Crippen molar-refractivity contribution in [1.29, 1.82) is 0 Å². The summed E-state index contributed by atoms with van der Waals surface area (Å²) in [5.41, 5.74) is 0.0642. The van der Waals surface area contributed by atoms with Crippen LogP contribution in [-0.4, -0.2) is 52.4 Å². The molecule has 4 heterocycles. The second-order valence-electron chi connectivity index (χ2n) is 9.04. The van der Waals surface area contributed by atoms with Crippen LogP contribution in [0.2, 0.25) is 0 Å². The van der Waals surface area contributed by atoms with E-state index >= 15 is 0 Å². The van der Waals surface area contributed by atoms with E-state index in [-0.39, 0.29) is 23.0 Å². The van der Waals surface area contributed by atoms with E-state index in [0.717, 1.165) is 8.90 Å². The van der Waals surface area contributed by atoms with Crippen molar-refractivity contribution in [1.82, 2.24) is 39.0 Å². The van der Waals surface area contributed by atoms with Crippen LogP contribution in [0.4, 0.5) is 26.3 Å². The number of hydrogen-bond acceptors (Lipinski definition) is 6. The molecule has 0 bridgehead atoms. The maximum atomic E-state index is 14.0. The molecule has 0 atom stereocenters. The molecule has 0 unspecified atom stereocenters. The first-order valence-corrected chi connectivity index (χ1v) is 14.3. The molecule has 0 aliphatic rings. The Morgan fingerprint density at radius 3 is 1.36 bits per heavy atom. The maximum absolute atomic E-state index is 14.0. The van der Waals surface area contributed by atoms with Crippen LogP contribution in [0.15, 0.2) is 79.1 Å². The Labute approximate surface area is 217 Å². The molecule has 0 saturated carbocycles. The van der Waals surface area contributed by atoms with Crippen LogP contribution in [-0.2, 0) is 12.4 Å². The van der Waals surface area contributed by atoms with Gasteiger partial charge < -0.3 is 0 Å². The van der Waals surface area contributed by atoms with Crippen molar-refractivity contribution in [3.63, 3.8) is 0 Å². The number of benzene rings is 1. The molecule has 0 amide bonds. The van der Waals surface area contributed by atoms with E-state index in [4.69, 9.17) is 0 Å². The third-order valence-corrected chi connectivity index (χ3v) is 10.7. The number of aromatic nitrogens is 8. The minimum absolute atomic E-state index is 0.0321. The third-order valence-electron chi connectivity index (χ3n) is 6.10. The van der Waals surface area contributed by atoms with Crippen LogP contribution in [0.5, 0.6) is 0 Å². The van der Waals surface area contributed by atoms with Crippen molar-refractivity contribution in [2.75, 3.05) is 13.3 Å². The summed E-state index contributed by atoms with van der Waals surface area (Å²) in [4.78, 5) is 15.8. The van der Waals surface area contributed by atoms with E-state index in [2.05, 4.69) is 30.1 Å². The number of hydrogen-bond donors (Lipinski definition) is 0. The monoisotopic (exact) mass is 564 g/mol. The van der Waals surface area contributed by atoms with E-state index in [1.54, 1.807) is 54.6 Å². The summed E-state index contributed by atoms with van der Waals surface area (Å²) >= 11 is 0. The molecule has 202 valence electrons. The van der Waals surface area contributed by atoms with Crippen molar-refractivity contribution >= 4 is 12.2 Å². The summed E-state index contributed by atoms with van der Waals surface area (Å²) in [7, 11) is 0. The van der Waals surface area contributed by atoms with Crippen LogP contribution in [0.1, 0.15) is 11.6 Å². The van der Waals surface area contributed by atoms with Gasteiger partial charge in [-0.3, -0.25) is 0 Å². The molecule has 5 aromatic rings. The fourth-order valence-corrected chi connectivity index (χ4v) is 7.88. The molecule has 0 saturated heterocycles. The number of pyridine rings is 2. The zero-order valence-electron chi connectivity index (χ0n) is 20.3. The van der Waals surface area contributed by atoms with Crippen molar-refractivity contribution in [2.45, 2.75) is 12.4 Å². The SMILES string of the molecule is CP(C)(c1ccccc1)(n1nc(C(F)(F)F)nc1-c1ccccn1)n1nc(C(F)(F)F)nc1-c1ccccn1. The summed E-state index contributed by atoms with van der Waals surface area (Å²) in [5, 5.41) is 8.09. The van der Waals surface area contributed by atoms with Gasteiger partial charge in [-0.1, -0.05) is 0 Å². The molecule has 5 rings (SSSR count). The summed E-state index contributed by atoms with van der Waals surface area (Å²) < 4.78 is 85.9. The Bertz CT molecular complexity index is 1510. The Morgan fingerprint density at radius 1 is 0.590 bits per heavy atom. The van der Waals surface area contributed by atoms with Gasteiger partial charge in [0.15, 0.2) is 0 Å². The Balaban J connectivity index is 1.96. The van der Waals surface area contributed by atoms with Crippen LogP contribution in [0.3, 0.4) is 0 Å². The standard InChI is InChI=1S/C24H19F6N8P/c1-39(2,16-10-4-3-5-11-16,37-19(17-12-6-8-14-31-17)33-21(35-37)23(25,26)27)38-20(18-13-7-9-15-32-18)34-22(36-38)24(28,29)30/h3-15H,1-2H3. The second kappa shape index (κ2) is 8.94. The topological polar surface area (TPSA) is 87.2 Å². The quantitative estimate of drug-likeness (QED) is 0.210. The summed E-state index contributed by atoms with van der Waals surface area (Å²) in [6, 6.07) is 17.2. The summed E-state index contributed by atoms with van der Waals surface area (Å²) in [6.45, 7) is -1.53. The zero-order valence-corrected chi connectivity index (χ0v) is 21.2. The van der Waals surface area contributed by atoms with Gasteiger partial charge in [-0.15, -0.1) is 0 Å². The van der Waals surface area contributed by atoms with Crippen molar-refractivity contribution in [3.05, 3.63) is 90.8 Å². The molecule has 0 fully saturated rings. The van der Waals surface area contributed by atoms with Crippen molar-refractivity contribution in [3.8, 4) is 23.0 Å². The molecule has 0 aliphatic heterocycles. The van der Waals surface area contributed by atoms with Gasteiger partial charge in [0.25, 0.3) is 0 Å².